The molecule has 0 radical (unpaired) electrons. The normalized spacial score (nSPS) is 15.3. The molecule has 0 saturated carbocycles. The molecule has 1 aliphatic carbocycles. The molecule has 0 aliphatic heterocycles. The predicted molar refractivity (Wildman–Crippen MR) is 117 cm³/mol. The number of rotatable bonds is 5. The van der Waals surface area contributed by atoms with Gasteiger partial charge in [-0.05, 0) is 63.3 Å². The standard InChI is InChI=1S/C24H26N4O3/c1-4-31-24(30)18-12-13-20(26-16(18)3)23(29)27-22-15(2)14-25-28(22)21-11-7-9-17-8-5-6-10-19(17)21/h5-6,8,10,12-14,21H,4,7,9,11H2,1-3H3,(H,27,29). The van der Waals surface area contributed by atoms with E-state index in [9.17, 15) is 9.59 Å². The molecule has 3 aromatic rings. The predicted octanol–water partition coefficient (Wildman–Crippen LogP) is 4.25. The lowest BCUT2D eigenvalue weighted by Crippen LogP contribution is -2.23. The number of carbonyl (C=O) groups excluding carboxylic acids is 2. The SMILES string of the molecule is CCOC(=O)c1ccc(C(=O)Nc2c(C)cnn2C2CCCc3ccccc32)nc1C. The maximum atomic E-state index is 13.0. The van der Waals surface area contributed by atoms with Gasteiger partial charge in [0.05, 0.1) is 30.1 Å². The van der Waals surface area contributed by atoms with Crippen molar-refractivity contribution >= 4 is 17.7 Å². The second-order valence-electron chi connectivity index (χ2n) is 7.73. The molecular weight excluding hydrogens is 392 g/mol. The fourth-order valence-corrected chi connectivity index (χ4v) is 4.11. The molecule has 1 amide bonds. The maximum Gasteiger partial charge on any atom is 0.339 e. The fraction of sp³-hybridized carbons (Fsp3) is 0.333. The Morgan fingerprint density at radius 3 is 2.77 bits per heavy atom. The number of ether oxygens (including phenoxy) is 1. The molecule has 0 spiro atoms. The van der Waals surface area contributed by atoms with Crippen LogP contribution in [0.2, 0.25) is 0 Å². The van der Waals surface area contributed by atoms with E-state index in [0.29, 0.717) is 17.1 Å². The Kier molecular flexibility index (Phi) is 5.84. The summed E-state index contributed by atoms with van der Waals surface area (Å²) in [6, 6.07) is 11.6. The summed E-state index contributed by atoms with van der Waals surface area (Å²) in [5, 5.41) is 7.57. The number of pyridine rings is 1. The highest BCUT2D eigenvalue weighted by Gasteiger charge is 2.26. The highest BCUT2D eigenvalue weighted by molar-refractivity contribution is 6.03. The van der Waals surface area contributed by atoms with Gasteiger partial charge in [0, 0.05) is 5.56 Å². The van der Waals surface area contributed by atoms with E-state index >= 15 is 0 Å². The molecule has 1 atom stereocenters. The number of hydrogen-bond acceptors (Lipinski definition) is 5. The molecule has 2 aromatic heterocycles. The lowest BCUT2D eigenvalue weighted by molar-refractivity contribution is 0.0524. The highest BCUT2D eigenvalue weighted by Crippen LogP contribution is 2.35. The summed E-state index contributed by atoms with van der Waals surface area (Å²) in [5.41, 5.74) is 4.52. The second-order valence-corrected chi connectivity index (χ2v) is 7.73. The molecule has 0 bridgehead atoms. The summed E-state index contributed by atoms with van der Waals surface area (Å²) in [6.07, 6.45) is 4.87. The Bertz CT molecular complexity index is 1140. The number of aromatic nitrogens is 3. The summed E-state index contributed by atoms with van der Waals surface area (Å²) < 4.78 is 6.94. The minimum absolute atomic E-state index is 0.0786. The van der Waals surface area contributed by atoms with Gasteiger partial charge in [0.2, 0.25) is 0 Å². The number of nitrogens with one attached hydrogen (secondary N) is 1. The summed E-state index contributed by atoms with van der Waals surface area (Å²) in [6.45, 7) is 5.65. The Morgan fingerprint density at radius 2 is 2.00 bits per heavy atom. The van der Waals surface area contributed by atoms with Gasteiger partial charge in [-0.1, -0.05) is 24.3 Å². The van der Waals surface area contributed by atoms with Crippen LogP contribution in [0.3, 0.4) is 0 Å². The van der Waals surface area contributed by atoms with Gasteiger partial charge in [0.25, 0.3) is 5.91 Å². The molecule has 2 heterocycles. The van der Waals surface area contributed by atoms with E-state index in [1.807, 2.05) is 17.7 Å². The minimum Gasteiger partial charge on any atom is -0.462 e. The van der Waals surface area contributed by atoms with Gasteiger partial charge in [-0.25, -0.2) is 14.5 Å². The quantitative estimate of drug-likeness (QED) is 0.626. The van der Waals surface area contributed by atoms with Gasteiger partial charge in [0.1, 0.15) is 11.5 Å². The van der Waals surface area contributed by atoms with Gasteiger partial charge in [-0.3, -0.25) is 4.79 Å². The topological polar surface area (TPSA) is 86.1 Å². The lowest BCUT2D eigenvalue weighted by atomic mass is 9.88. The number of amides is 1. The van der Waals surface area contributed by atoms with Crippen LogP contribution in [0.5, 0.6) is 0 Å². The monoisotopic (exact) mass is 418 g/mol. The van der Waals surface area contributed by atoms with E-state index < -0.39 is 5.97 Å². The van der Waals surface area contributed by atoms with Crippen molar-refractivity contribution in [3.63, 3.8) is 0 Å². The second kappa shape index (κ2) is 8.71. The van der Waals surface area contributed by atoms with Crippen molar-refractivity contribution in [2.24, 2.45) is 0 Å². The number of aryl methyl sites for hydroxylation is 3. The first-order valence-corrected chi connectivity index (χ1v) is 10.6. The van der Waals surface area contributed by atoms with Crippen LogP contribution in [0, 0.1) is 13.8 Å². The van der Waals surface area contributed by atoms with Crippen LogP contribution < -0.4 is 5.32 Å². The molecule has 0 saturated heterocycles. The van der Waals surface area contributed by atoms with Crippen molar-refractivity contribution in [1.29, 1.82) is 0 Å². The highest BCUT2D eigenvalue weighted by atomic mass is 16.5. The van der Waals surface area contributed by atoms with Crippen molar-refractivity contribution in [3.05, 3.63) is 76.2 Å². The number of anilines is 1. The molecule has 160 valence electrons. The van der Waals surface area contributed by atoms with Gasteiger partial charge in [0.15, 0.2) is 0 Å². The number of benzene rings is 1. The van der Waals surface area contributed by atoms with Crippen LogP contribution >= 0.6 is 0 Å². The number of esters is 1. The Balaban J connectivity index is 1.60. The average molecular weight is 418 g/mol. The van der Waals surface area contributed by atoms with Gasteiger partial charge in [-0.2, -0.15) is 5.10 Å². The van der Waals surface area contributed by atoms with Crippen LogP contribution in [0.4, 0.5) is 5.82 Å². The number of fused-ring (bicyclic) bond motifs is 1. The van der Waals surface area contributed by atoms with Gasteiger partial charge in [-0.15, -0.1) is 0 Å². The molecule has 1 aliphatic rings. The zero-order chi connectivity index (χ0) is 22.0. The molecular formula is C24H26N4O3. The molecule has 1 N–H and O–H groups in total. The largest absolute Gasteiger partial charge is 0.462 e. The summed E-state index contributed by atoms with van der Waals surface area (Å²) >= 11 is 0. The molecule has 1 aromatic carbocycles. The Hall–Kier alpha value is -3.48. The maximum absolute atomic E-state index is 13.0. The fourth-order valence-electron chi connectivity index (χ4n) is 4.11. The van der Waals surface area contributed by atoms with E-state index in [2.05, 4.69) is 33.6 Å². The number of hydrogen-bond donors (Lipinski definition) is 1. The zero-order valence-electron chi connectivity index (χ0n) is 18.0. The molecule has 4 rings (SSSR count). The van der Waals surface area contributed by atoms with Crippen LogP contribution in [0.1, 0.15) is 69.0 Å². The van der Waals surface area contributed by atoms with Crippen molar-refractivity contribution in [1.82, 2.24) is 14.8 Å². The van der Waals surface area contributed by atoms with Crippen LogP contribution in [0.15, 0.2) is 42.6 Å². The zero-order valence-corrected chi connectivity index (χ0v) is 18.0. The Morgan fingerprint density at radius 1 is 1.19 bits per heavy atom. The number of nitrogens with zero attached hydrogens (tertiary/aromatic N) is 3. The lowest BCUT2D eigenvalue weighted by Gasteiger charge is -2.27. The number of carbonyl (C=O) groups is 2. The summed E-state index contributed by atoms with van der Waals surface area (Å²) in [4.78, 5) is 29.3. The third kappa shape index (κ3) is 4.08. The van der Waals surface area contributed by atoms with Crippen LogP contribution in [0.25, 0.3) is 0 Å². The molecule has 1 unspecified atom stereocenters. The Labute approximate surface area is 181 Å². The van der Waals surface area contributed by atoms with Crippen molar-refractivity contribution in [2.45, 2.75) is 46.1 Å². The van der Waals surface area contributed by atoms with Crippen molar-refractivity contribution < 1.29 is 14.3 Å². The van der Waals surface area contributed by atoms with E-state index in [-0.39, 0.29) is 24.2 Å². The van der Waals surface area contributed by atoms with E-state index in [0.717, 1.165) is 24.8 Å². The van der Waals surface area contributed by atoms with E-state index in [4.69, 9.17) is 4.74 Å². The molecule has 31 heavy (non-hydrogen) atoms. The first-order valence-electron chi connectivity index (χ1n) is 10.6. The van der Waals surface area contributed by atoms with Crippen LogP contribution in [-0.4, -0.2) is 33.2 Å². The minimum atomic E-state index is -0.440. The van der Waals surface area contributed by atoms with Gasteiger partial charge >= 0.3 is 5.97 Å². The first-order chi connectivity index (χ1) is 15.0. The van der Waals surface area contributed by atoms with Gasteiger partial charge < -0.3 is 10.1 Å². The van der Waals surface area contributed by atoms with Crippen molar-refractivity contribution in [3.8, 4) is 0 Å². The van der Waals surface area contributed by atoms with Crippen molar-refractivity contribution in [2.75, 3.05) is 11.9 Å². The summed E-state index contributed by atoms with van der Waals surface area (Å²) in [7, 11) is 0. The third-order valence-corrected chi connectivity index (χ3v) is 5.66. The summed E-state index contributed by atoms with van der Waals surface area (Å²) in [5.74, 6) is -0.113. The molecule has 0 fully saturated rings. The van der Waals surface area contributed by atoms with E-state index in [1.165, 1.54) is 11.1 Å². The van der Waals surface area contributed by atoms with Crippen LogP contribution in [-0.2, 0) is 11.2 Å². The molecule has 7 heteroatoms. The van der Waals surface area contributed by atoms with E-state index in [1.54, 1.807) is 32.2 Å². The third-order valence-electron chi connectivity index (χ3n) is 5.66. The average Bonchev–Trinajstić information content (AvgIpc) is 3.13. The first kappa shape index (κ1) is 20.8. The smallest absolute Gasteiger partial charge is 0.339 e. The molecule has 7 nitrogen and oxygen atoms in total.